The molecule has 1 heteroatoms. The van der Waals surface area contributed by atoms with Crippen LogP contribution in [-0.4, -0.2) is 0 Å². The highest BCUT2D eigenvalue weighted by Gasteiger charge is 2.42. The first kappa shape index (κ1) is 36.3. The van der Waals surface area contributed by atoms with Crippen LogP contribution in [0.5, 0.6) is 0 Å². The Labute approximate surface area is 358 Å². The van der Waals surface area contributed by atoms with E-state index in [-0.39, 0.29) is 5.41 Å². The van der Waals surface area contributed by atoms with Gasteiger partial charge < -0.3 is 4.90 Å². The Morgan fingerprint density at radius 1 is 0.311 bits per heavy atom. The summed E-state index contributed by atoms with van der Waals surface area (Å²) < 4.78 is 0. The van der Waals surface area contributed by atoms with Gasteiger partial charge >= 0.3 is 0 Å². The smallest absolute Gasteiger partial charge is 0.0543 e. The maximum atomic E-state index is 2.46. The lowest BCUT2D eigenvalue weighted by Gasteiger charge is -2.31. The van der Waals surface area contributed by atoms with Crippen LogP contribution in [-0.2, 0) is 5.41 Å². The molecule has 1 atom stereocenters. The number of rotatable bonds is 8. The summed E-state index contributed by atoms with van der Waals surface area (Å²) in [5.74, 6) is 0. The van der Waals surface area contributed by atoms with Crippen molar-refractivity contribution in [2.75, 3.05) is 4.90 Å². The summed E-state index contributed by atoms with van der Waals surface area (Å²) >= 11 is 0. The van der Waals surface area contributed by atoms with E-state index >= 15 is 0 Å². The zero-order valence-electron chi connectivity index (χ0n) is 34.0. The van der Waals surface area contributed by atoms with Gasteiger partial charge in [0, 0.05) is 22.4 Å². The van der Waals surface area contributed by atoms with Gasteiger partial charge in [-0.05, 0) is 121 Å². The number of hydrogen-bond donors (Lipinski definition) is 0. The molecular weight excluding hydrogens is 735 g/mol. The van der Waals surface area contributed by atoms with E-state index in [0.29, 0.717) is 0 Å². The van der Waals surface area contributed by atoms with Crippen LogP contribution in [0, 0.1) is 0 Å². The Morgan fingerprint density at radius 2 is 0.820 bits per heavy atom. The van der Waals surface area contributed by atoms with Gasteiger partial charge in [-0.2, -0.15) is 0 Å². The van der Waals surface area contributed by atoms with E-state index in [1.807, 2.05) is 0 Å². The highest BCUT2D eigenvalue weighted by molar-refractivity contribution is 5.97. The molecule has 1 aliphatic rings. The molecular formula is C60H43N. The summed E-state index contributed by atoms with van der Waals surface area (Å²) in [4.78, 5) is 2.46. The van der Waals surface area contributed by atoms with Crippen LogP contribution in [0.1, 0.15) is 23.6 Å². The summed E-state index contributed by atoms with van der Waals surface area (Å²) in [5.41, 5.74) is 19.2. The number of benzene rings is 10. The van der Waals surface area contributed by atoms with Gasteiger partial charge in [-0.15, -0.1) is 0 Å². The quantitative estimate of drug-likeness (QED) is 0.149. The van der Waals surface area contributed by atoms with Crippen molar-refractivity contribution < 1.29 is 0 Å². The molecule has 10 aromatic rings. The summed E-state index contributed by atoms with van der Waals surface area (Å²) in [6, 6.07) is 88.7. The molecule has 0 aromatic heterocycles. The van der Waals surface area contributed by atoms with Gasteiger partial charge in [0.2, 0.25) is 0 Å². The molecule has 1 aliphatic carbocycles. The Hall–Kier alpha value is -7.74. The van der Waals surface area contributed by atoms with Gasteiger partial charge in [0.15, 0.2) is 0 Å². The molecule has 61 heavy (non-hydrogen) atoms. The van der Waals surface area contributed by atoms with Gasteiger partial charge in [-0.25, -0.2) is 0 Å². The second kappa shape index (κ2) is 15.1. The number of anilines is 3. The molecule has 0 heterocycles. The van der Waals surface area contributed by atoms with Crippen LogP contribution in [0.15, 0.2) is 243 Å². The SMILES string of the molecule is CC1(c2ccccc2)c2ccccc2-c2c(N(c3ccc(-c4ccccc4-c4ccccc4)cc3)c3cccc(-c4ccc(-c5ccc6ccccc6c5)cc4)c3)cccc21. The lowest BCUT2D eigenvalue weighted by molar-refractivity contribution is 0.714. The maximum Gasteiger partial charge on any atom is 0.0543 e. The molecule has 1 unspecified atom stereocenters. The highest BCUT2D eigenvalue weighted by atomic mass is 15.1. The standard InChI is InChI=1S/C60H43N/c1-60(50-21-6-3-7-22-50)56-27-13-12-26-55(56)59-57(60)28-15-29-58(59)61(51-38-36-46(37-39-51)54-25-11-10-24-53(54)45-17-4-2-5-18-45)52-23-14-20-48(41-52)43-30-32-44(33-31-43)49-35-34-42-16-8-9-19-47(42)40-49/h2-41H,1H3. The zero-order valence-corrected chi connectivity index (χ0v) is 34.0. The van der Waals surface area contributed by atoms with Gasteiger partial charge in [0.25, 0.3) is 0 Å². The van der Waals surface area contributed by atoms with Crippen molar-refractivity contribution in [2.45, 2.75) is 12.3 Å². The van der Waals surface area contributed by atoms with Crippen LogP contribution in [0.2, 0.25) is 0 Å². The van der Waals surface area contributed by atoms with E-state index in [2.05, 4.69) is 254 Å². The molecule has 0 bridgehead atoms. The molecule has 0 amide bonds. The Kier molecular flexibility index (Phi) is 9.02. The van der Waals surface area contributed by atoms with E-state index < -0.39 is 0 Å². The van der Waals surface area contributed by atoms with Crippen molar-refractivity contribution in [3.05, 3.63) is 259 Å². The third-order valence-electron chi connectivity index (χ3n) is 12.8. The maximum absolute atomic E-state index is 2.46. The predicted octanol–water partition coefficient (Wildman–Crippen LogP) is 16.3. The minimum absolute atomic E-state index is 0.311. The fraction of sp³-hybridized carbons (Fsp3) is 0.0333. The highest BCUT2D eigenvalue weighted by Crippen LogP contribution is 2.56. The normalized spacial score (nSPS) is 14.0. The van der Waals surface area contributed by atoms with E-state index in [1.165, 1.54) is 83.1 Å². The van der Waals surface area contributed by atoms with E-state index in [1.54, 1.807) is 0 Å². The molecule has 11 rings (SSSR count). The molecule has 1 nitrogen and oxygen atoms in total. The van der Waals surface area contributed by atoms with Crippen LogP contribution in [0.4, 0.5) is 17.1 Å². The second-order valence-corrected chi connectivity index (χ2v) is 16.2. The molecule has 0 fully saturated rings. The molecule has 0 saturated carbocycles. The van der Waals surface area contributed by atoms with Crippen molar-refractivity contribution in [1.82, 2.24) is 0 Å². The largest absolute Gasteiger partial charge is 0.310 e. The van der Waals surface area contributed by atoms with Crippen LogP contribution < -0.4 is 4.90 Å². The number of hydrogen-bond acceptors (Lipinski definition) is 1. The fourth-order valence-electron chi connectivity index (χ4n) is 9.66. The third-order valence-corrected chi connectivity index (χ3v) is 12.8. The number of fused-ring (bicyclic) bond motifs is 4. The molecule has 0 N–H and O–H groups in total. The molecule has 0 radical (unpaired) electrons. The average molecular weight is 778 g/mol. The van der Waals surface area contributed by atoms with E-state index in [9.17, 15) is 0 Å². The predicted molar refractivity (Wildman–Crippen MR) is 258 cm³/mol. The molecule has 0 saturated heterocycles. The second-order valence-electron chi connectivity index (χ2n) is 16.2. The van der Waals surface area contributed by atoms with Crippen molar-refractivity contribution in [3.63, 3.8) is 0 Å². The van der Waals surface area contributed by atoms with Gasteiger partial charge in [-0.3, -0.25) is 0 Å². The van der Waals surface area contributed by atoms with Crippen molar-refractivity contribution in [2.24, 2.45) is 0 Å². The van der Waals surface area contributed by atoms with Crippen molar-refractivity contribution >= 4 is 27.8 Å². The first-order valence-corrected chi connectivity index (χ1v) is 21.2. The monoisotopic (exact) mass is 777 g/mol. The van der Waals surface area contributed by atoms with Gasteiger partial charge in [0.05, 0.1) is 5.69 Å². The molecule has 0 aliphatic heterocycles. The average Bonchev–Trinajstić information content (AvgIpc) is 3.61. The van der Waals surface area contributed by atoms with Gasteiger partial charge in [0.1, 0.15) is 0 Å². The Bertz CT molecular complexity index is 3180. The first-order valence-electron chi connectivity index (χ1n) is 21.2. The Balaban J connectivity index is 1.05. The van der Waals surface area contributed by atoms with Gasteiger partial charge in [-0.1, -0.05) is 206 Å². The first-order chi connectivity index (χ1) is 30.1. The minimum atomic E-state index is -0.311. The lowest BCUT2D eigenvalue weighted by Crippen LogP contribution is -2.22. The molecule has 0 spiro atoms. The number of nitrogens with zero attached hydrogens (tertiary/aromatic N) is 1. The summed E-state index contributed by atoms with van der Waals surface area (Å²) in [7, 11) is 0. The van der Waals surface area contributed by atoms with Crippen LogP contribution >= 0.6 is 0 Å². The summed E-state index contributed by atoms with van der Waals surface area (Å²) in [6.07, 6.45) is 0. The van der Waals surface area contributed by atoms with Crippen LogP contribution in [0.25, 0.3) is 66.4 Å². The van der Waals surface area contributed by atoms with Crippen molar-refractivity contribution in [1.29, 1.82) is 0 Å². The fourth-order valence-corrected chi connectivity index (χ4v) is 9.66. The Morgan fingerprint density at radius 3 is 1.54 bits per heavy atom. The third kappa shape index (κ3) is 6.34. The minimum Gasteiger partial charge on any atom is -0.310 e. The lowest BCUT2D eigenvalue weighted by atomic mass is 9.74. The molecule has 10 aromatic carbocycles. The topological polar surface area (TPSA) is 3.24 Å². The van der Waals surface area contributed by atoms with Crippen LogP contribution in [0.3, 0.4) is 0 Å². The van der Waals surface area contributed by atoms with Crippen molar-refractivity contribution in [3.8, 4) is 55.6 Å². The molecule has 288 valence electrons. The zero-order chi connectivity index (χ0) is 40.8. The summed E-state index contributed by atoms with van der Waals surface area (Å²) in [5, 5.41) is 2.51. The summed E-state index contributed by atoms with van der Waals surface area (Å²) in [6.45, 7) is 2.39. The van der Waals surface area contributed by atoms with E-state index in [0.717, 1.165) is 17.1 Å². The van der Waals surface area contributed by atoms with E-state index in [4.69, 9.17) is 0 Å².